The van der Waals surface area contributed by atoms with E-state index in [0.717, 1.165) is 23.4 Å². The quantitative estimate of drug-likeness (QED) is 0.291. The molecule has 7 heteroatoms. The van der Waals surface area contributed by atoms with Crippen LogP contribution < -0.4 is 4.74 Å². The van der Waals surface area contributed by atoms with Gasteiger partial charge in [0.25, 0.3) is 0 Å². The van der Waals surface area contributed by atoms with Crippen molar-refractivity contribution in [2.45, 2.75) is 13.3 Å². The minimum Gasteiger partial charge on any atom is -0.490 e. The summed E-state index contributed by atoms with van der Waals surface area (Å²) in [5.74, 6) is 1.40. The van der Waals surface area contributed by atoms with Gasteiger partial charge in [-0.25, -0.2) is 4.98 Å². The molecule has 0 bridgehead atoms. The van der Waals surface area contributed by atoms with Crippen molar-refractivity contribution in [1.29, 1.82) is 0 Å². The highest BCUT2D eigenvalue weighted by Crippen LogP contribution is 2.32. The Morgan fingerprint density at radius 3 is 2.39 bits per heavy atom. The summed E-state index contributed by atoms with van der Waals surface area (Å²) in [6, 6.07) is 12.5. The Hall–Kier alpha value is -2.14. The minimum atomic E-state index is 0.342. The standard InChI is InChI=1S/C21H19Cl3N2O2/c1-2-20(26-10-9-25-14-26)21(18-8-5-16(23)13-19(18)24)28-12-11-27-17-6-3-15(22)4-7-17/h3-10,13-14H,2,11-12H2,1H3. The van der Waals surface area contributed by atoms with Crippen molar-refractivity contribution in [3.05, 3.63) is 81.8 Å². The van der Waals surface area contributed by atoms with E-state index in [2.05, 4.69) is 4.98 Å². The van der Waals surface area contributed by atoms with Gasteiger partial charge in [-0.15, -0.1) is 0 Å². The molecule has 0 N–H and O–H groups in total. The summed E-state index contributed by atoms with van der Waals surface area (Å²) in [6.45, 7) is 2.76. The van der Waals surface area contributed by atoms with Crippen molar-refractivity contribution in [3.8, 4) is 5.75 Å². The Bertz CT molecular complexity index is 939. The number of benzene rings is 2. The molecular formula is C21H19Cl3N2O2. The van der Waals surface area contributed by atoms with Gasteiger partial charge >= 0.3 is 0 Å². The molecule has 28 heavy (non-hydrogen) atoms. The van der Waals surface area contributed by atoms with Crippen molar-refractivity contribution >= 4 is 46.3 Å². The van der Waals surface area contributed by atoms with Crippen molar-refractivity contribution in [2.24, 2.45) is 0 Å². The molecule has 0 unspecified atom stereocenters. The van der Waals surface area contributed by atoms with E-state index in [1.54, 1.807) is 36.8 Å². The fraction of sp³-hybridized carbons (Fsp3) is 0.190. The lowest BCUT2D eigenvalue weighted by molar-refractivity contribution is 0.195. The van der Waals surface area contributed by atoms with Crippen LogP contribution in [-0.4, -0.2) is 22.8 Å². The number of hydrogen-bond acceptors (Lipinski definition) is 3. The molecule has 0 aliphatic rings. The number of allylic oxidation sites excluding steroid dienone is 1. The van der Waals surface area contributed by atoms with E-state index in [4.69, 9.17) is 44.3 Å². The molecule has 1 heterocycles. The smallest absolute Gasteiger partial charge is 0.147 e. The second-order valence-electron chi connectivity index (χ2n) is 5.87. The first-order chi connectivity index (χ1) is 13.6. The molecule has 1 aromatic heterocycles. The zero-order valence-electron chi connectivity index (χ0n) is 15.2. The van der Waals surface area contributed by atoms with Gasteiger partial charge in [0.05, 0.1) is 17.0 Å². The highest BCUT2D eigenvalue weighted by molar-refractivity contribution is 6.35. The highest BCUT2D eigenvalue weighted by atomic mass is 35.5. The average molecular weight is 438 g/mol. The predicted octanol–water partition coefficient (Wildman–Crippen LogP) is 6.67. The maximum atomic E-state index is 6.44. The molecule has 0 fully saturated rings. The molecule has 0 saturated heterocycles. The third kappa shape index (κ3) is 5.22. The topological polar surface area (TPSA) is 36.3 Å². The number of ether oxygens (including phenoxy) is 2. The highest BCUT2D eigenvalue weighted by Gasteiger charge is 2.15. The van der Waals surface area contributed by atoms with Gasteiger partial charge in [-0.1, -0.05) is 41.7 Å². The van der Waals surface area contributed by atoms with Crippen LogP contribution in [0.3, 0.4) is 0 Å². The molecule has 3 rings (SSSR count). The SMILES string of the molecule is CCC(=C(OCCOc1ccc(Cl)cc1)c1ccc(Cl)cc1Cl)n1ccnc1. The molecule has 0 aliphatic carbocycles. The van der Waals surface area contributed by atoms with E-state index in [1.807, 2.05) is 35.9 Å². The fourth-order valence-corrected chi connectivity index (χ4v) is 3.32. The first-order valence-electron chi connectivity index (χ1n) is 8.76. The van der Waals surface area contributed by atoms with Crippen molar-refractivity contribution in [2.75, 3.05) is 13.2 Å². The molecule has 0 amide bonds. The van der Waals surface area contributed by atoms with Gasteiger partial charge in [0, 0.05) is 28.0 Å². The normalized spacial score (nSPS) is 11.9. The first kappa shape index (κ1) is 20.6. The maximum Gasteiger partial charge on any atom is 0.147 e. The molecular weight excluding hydrogens is 419 g/mol. The predicted molar refractivity (Wildman–Crippen MR) is 115 cm³/mol. The van der Waals surface area contributed by atoms with E-state index in [1.165, 1.54) is 0 Å². The summed E-state index contributed by atoms with van der Waals surface area (Å²) in [5, 5.41) is 1.76. The fourth-order valence-electron chi connectivity index (χ4n) is 2.70. The van der Waals surface area contributed by atoms with Crippen LogP contribution in [0.5, 0.6) is 5.75 Å². The van der Waals surface area contributed by atoms with Gasteiger partial charge in [0.15, 0.2) is 0 Å². The van der Waals surface area contributed by atoms with Crippen LogP contribution in [-0.2, 0) is 4.74 Å². The van der Waals surface area contributed by atoms with E-state index in [0.29, 0.717) is 34.0 Å². The second kappa shape index (κ2) is 9.87. The summed E-state index contributed by atoms with van der Waals surface area (Å²) in [6.07, 6.45) is 6.05. The van der Waals surface area contributed by atoms with Crippen molar-refractivity contribution in [1.82, 2.24) is 9.55 Å². The van der Waals surface area contributed by atoms with E-state index in [-0.39, 0.29) is 0 Å². The average Bonchev–Trinajstić information content (AvgIpc) is 3.20. The van der Waals surface area contributed by atoms with Crippen molar-refractivity contribution < 1.29 is 9.47 Å². The lowest BCUT2D eigenvalue weighted by Gasteiger charge is -2.18. The Balaban J connectivity index is 1.81. The third-order valence-electron chi connectivity index (χ3n) is 4.00. The third-order valence-corrected chi connectivity index (χ3v) is 4.80. The Morgan fingerprint density at radius 2 is 1.75 bits per heavy atom. The number of imidazole rings is 1. The van der Waals surface area contributed by atoms with E-state index >= 15 is 0 Å². The molecule has 0 radical (unpaired) electrons. The molecule has 0 aliphatic heterocycles. The second-order valence-corrected chi connectivity index (χ2v) is 7.15. The van der Waals surface area contributed by atoms with Crippen LogP contribution in [0.15, 0.2) is 61.2 Å². The Morgan fingerprint density at radius 1 is 1.00 bits per heavy atom. The van der Waals surface area contributed by atoms with Gasteiger partial charge in [0.2, 0.25) is 0 Å². The van der Waals surface area contributed by atoms with Gasteiger partial charge in [0.1, 0.15) is 24.7 Å². The van der Waals surface area contributed by atoms with Gasteiger partial charge in [-0.2, -0.15) is 0 Å². The maximum absolute atomic E-state index is 6.44. The Kier molecular flexibility index (Phi) is 7.26. The summed E-state index contributed by atoms with van der Waals surface area (Å²) in [5.41, 5.74) is 1.70. The van der Waals surface area contributed by atoms with Crippen molar-refractivity contribution in [3.63, 3.8) is 0 Å². The minimum absolute atomic E-state index is 0.342. The van der Waals surface area contributed by atoms with Crippen LogP contribution >= 0.6 is 34.8 Å². The van der Waals surface area contributed by atoms with Crippen LogP contribution in [0.1, 0.15) is 18.9 Å². The molecule has 2 aromatic carbocycles. The number of aromatic nitrogens is 2. The van der Waals surface area contributed by atoms with Gasteiger partial charge in [-0.05, 0) is 48.9 Å². The number of rotatable bonds is 8. The summed E-state index contributed by atoms with van der Waals surface area (Å²) >= 11 is 18.4. The lowest BCUT2D eigenvalue weighted by Crippen LogP contribution is -2.09. The summed E-state index contributed by atoms with van der Waals surface area (Å²) < 4.78 is 13.8. The van der Waals surface area contributed by atoms with E-state index < -0.39 is 0 Å². The molecule has 3 aromatic rings. The van der Waals surface area contributed by atoms with Gasteiger partial charge < -0.3 is 14.0 Å². The number of hydrogen-bond donors (Lipinski definition) is 0. The summed E-state index contributed by atoms with van der Waals surface area (Å²) in [4.78, 5) is 4.13. The van der Waals surface area contributed by atoms with Crippen LogP contribution in [0.25, 0.3) is 11.5 Å². The Labute approximate surface area is 179 Å². The van der Waals surface area contributed by atoms with Crippen LogP contribution in [0, 0.1) is 0 Å². The number of nitrogens with zero attached hydrogens (tertiary/aromatic N) is 2. The molecule has 4 nitrogen and oxygen atoms in total. The molecule has 0 spiro atoms. The van der Waals surface area contributed by atoms with E-state index in [9.17, 15) is 0 Å². The molecule has 146 valence electrons. The number of halogens is 3. The lowest BCUT2D eigenvalue weighted by atomic mass is 10.1. The zero-order valence-corrected chi connectivity index (χ0v) is 17.5. The molecule has 0 saturated carbocycles. The van der Waals surface area contributed by atoms with Crippen LogP contribution in [0.2, 0.25) is 15.1 Å². The van der Waals surface area contributed by atoms with Crippen LogP contribution in [0.4, 0.5) is 0 Å². The largest absolute Gasteiger partial charge is 0.490 e. The summed E-state index contributed by atoms with van der Waals surface area (Å²) in [7, 11) is 0. The molecule has 0 atom stereocenters. The monoisotopic (exact) mass is 436 g/mol. The first-order valence-corrected chi connectivity index (χ1v) is 9.90. The zero-order chi connectivity index (χ0) is 19.9. The van der Waals surface area contributed by atoms with Gasteiger partial charge in [-0.3, -0.25) is 0 Å².